The molecule has 1 amide bonds. The van der Waals surface area contributed by atoms with Crippen LogP contribution in [0.2, 0.25) is 0 Å². The zero-order chi connectivity index (χ0) is 19.3. The molecule has 0 bridgehead atoms. The van der Waals surface area contributed by atoms with Gasteiger partial charge in [0.15, 0.2) is 15.6 Å². The summed E-state index contributed by atoms with van der Waals surface area (Å²) in [4.78, 5) is 24.2. The highest BCUT2D eigenvalue weighted by atomic mass is 32.2. The van der Waals surface area contributed by atoms with Gasteiger partial charge >= 0.3 is 0 Å². The van der Waals surface area contributed by atoms with E-state index < -0.39 is 15.7 Å². The molecule has 0 fully saturated rings. The first-order valence-electron chi connectivity index (χ1n) is 8.05. The molecule has 0 aliphatic carbocycles. The van der Waals surface area contributed by atoms with Crippen molar-refractivity contribution in [1.29, 1.82) is 0 Å². The van der Waals surface area contributed by atoms with Crippen LogP contribution in [-0.2, 0) is 14.6 Å². The molecule has 7 heteroatoms. The van der Waals surface area contributed by atoms with E-state index in [0.717, 1.165) is 11.8 Å². The standard InChI is InChI=1S/C19H20FNO4S/c1-13(14-5-9-17(10-6-14)26(2,24)25)21-19(23)12-11-18(22)15-3-7-16(20)8-4-15/h3-10,13H,11-12H2,1-2H3,(H,21,23). The smallest absolute Gasteiger partial charge is 0.220 e. The number of rotatable bonds is 7. The normalized spacial score (nSPS) is 12.4. The first-order chi connectivity index (χ1) is 12.2. The van der Waals surface area contributed by atoms with Crippen molar-refractivity contribution in [3.8, 4) is 0 Å². The van der Waals surface area contributed by atoms with Crippen molar-refractivity contribution < 1.29 is 22.4 Å². The quantitative estimate of drug-likeness (QED) is 0.752. The van der Waals surface area contributed by atoms with Crippen molar-refractivity contribution in [1.82, 2.24) is 5.32 Å². The molecule has 0 aliphatic heterocycles. The van der Waals surface area contributed by atoms with Crippen LogP contribution in [0.5, 0.6) is 0 Å². The van der Waals surface area contributed by atoms with Gasteiger partial charge in [-0.2, -0.15) is 0 Å². The largest absolute Gasteiger partial charge is 0.350 e. The molecule has 0 spiro atoms. The number of Topliss-reactive ketones (excluding diaryl/α,β-unsaturated/α-hetero) is 1. The molecule has 1 unspecified atom stereocenters. The number of amides is 1. The summed E-state index contributed by atoms with van der Waals surface area (Å²) in [6.45, 7) is 1.77. The summed E-state index contributed by atoms with van der Waals surface area (Å²) in [6.07, 6.45) is 1.17. The topological polar surface area (TPSA) is 80.3 Å². The van der Waals surface area contributed by atoms with Crippen LogP contribution in [0.4, 0.5) is 4.39 Å². The molecule has 0 saturated heterocycles. The molecular weight excluding hydrogens is 357 g/mol. The van der Waals surface area contributed by atoms with Crippen molar-refractivity contribution in [2.45, 2.75) is 30.7 Å². The average molecular weight is 377 g/mol. The van der Waals surface area contributed by atoms with Crippen molar-refractivity contribution in [3.63, 3.8) is 0 Å². The van der Waals surface area contributed by atoms with E-state index in [1.54, 1.807) is 19.1 Å². The highest BCUT2D eigenvalue weighted by Gasteiger charge is 2.14. The molecule has 5 nitrogen and oxygen atoms in total. The molecule has 2 aromatic carbocycles. The highest BCUT2D eigenvalue weighted by Crippen LogP contribution is 2.16. The Morgan fingerprint density at radius 3 is 2.12 bits per heavy atom. The van der Waals surface area contributed by atoms with Crippen molar-refractivity contribution in [2.24, 2.45) is 0 Å². The Morgan fingerprint density at radius 1 is 1.00 bits per heavy atom. The number of hydrogen-bond acceptors (Lipinski definition) is 4. The second-order valence-electron chi connectivity index (χ2n) is 6.06. The third kappa shape index (κ3) is 5.49. The van der Waals surface area contributed by atoms with Crippen LogP contribution in [0.1, 0.15) is 41.7 Å². The molecule has 0 radical (unpaired) electrons. The van der Waals surface area contributed by atoms with Crippen LogP contribution < -0.4 is 5.32 Å². The second kappa shape index (κ2) is 8.23. The number of carbonyl (C=O) groups is 2. The van der Waals surface area contributed by atoms with Crippen LogP contribution in [0.3, 0.4) is 0 Å². The van der Waals surface area contributed by atoms with E-state index >= 15 is 0 Å². The number of nitrogens with one attached hydrogen (secondary N) is 1. The Morgan fingerprint density at radius 2 is 1.58 bits per heavy atom. The number of carbonyl (C=O) groups excluding carboxylic acids is 2. The lowest BCUT2D eigenvalue weighted by atomic mass is 10.1. The van der Waals surface area contributed by atoms with Gasteiger partial charge < -0.3 is 5.32 Å². The molecule has 1 atom stereocenters. The average Bonchev–Trinajstić information content (AvgIpc) is 2.59. The maximum Gasteiger partial charge on any atom is 0.220 e. The predicted molar refractivity (Wildman–Crippen MR) is 96.1 cm³/mol. The maximum atomic E-state index is 12.9. The van der Waals surface area contributed by atoms with Gasteiger partial charge in [-0.25, -0.2) is 12.8 Å². The molecule has 0 saturated carbocycles. The fourth-order valence-corrected chi connectivity index (χ4v) is 3.04. The van der Waals surface area contributed by atoms with E-state index in [1.165, 1.54) is 36.4 Å². The van der Waals surface area contributed by atoms with Crippen LogP contribution in [0.25, 0.3) is 0 Å². The number of benzene rings is 2. The highest BCUT2D eigenvalue weighted by molar-refractivity contribution is 7.90. The number of hydrogen-bond donors (Lipinski definition) is 1. The third-order valence-electron chi connectivity index (χ3n) is 3.93. The molecular formula is C19H20FNO4S. The number of ketones is 1. The maximum absolute atomic E-state index is 12.9. The molecule has 138 valence electrons. The van der Waals surface area contributed by atoms with Gasteiger partial charge in [0.2, 0.25) is 5.91 Å². The zero-order valence-electron chi connectivity index (χ0n) is 14.5. The van der Waals surface area contributed by atoms with E-state index in [-0.39, 0.29) is 35.5 Å². The van der Waals surface area contributed by atoms with Gasteiger partial charge in [-0.3, -0.25) is 9.59 Å². The Balaban J connectivity index is 1.88. The molecule has 2 aromatic rings. The van der Waals surface area contributed by atoms with E-state index in [0.29, 0.717) is 5.56 Å². The lowest BCUT2D eigenvalue weighted by Gasteiger charge is -2.14. The van der Waals surface area contributed by atoms with Gasteiger partial charge in [0.25, 0.3) is 0 Å². The summed E-state index contributed by atoms with van der Waals surface area (Å²) in [5.41, 5.74) is 1.12. The summed E-state index contributed by atoms with van der Waals surface area (Å²) in [5, 5.41) is 2.77. The first-order valence-corrected chi connectivity index (χ1v) is 9.94. The van der Waals surface area contributed by atoms with E-state index in [2.05, 4.69) is 5.32 Å². The molecule has 0 heterocycles. The minimum atomic E-state index is -3.26. The Labute approximate surface area is 152 Å². The fraction of sp³-hybridized carbons (Fsp3) is 0.263. The van der Waals surface area contributed by atoms with Gasteiger partial charge in [-0.05, 0) is 48.9 Å². The van der Waals surface area contributed by atoms with E-state index in [4.69, 9.17) is 0 Å². The molecule has 0 aromatic heterocycles. The molecule has 0 aliphatic rings. The van der Waals surface area contributed by atoms with Gasteiger partial charge in [-0.15, -0.1) is 0 Å². The summed E-state index contributed by atoms with van der Waals surface area (Å²) in [6, 6.07) is 11.1. The zero-order valence-corrected chi connectivity index (χ0v) is 15.3. The third-order valence-corrected chi connectivity index (χ3v) is 5.06. The predicted octanol–water partition coefficient (Wildman–Crippen LogP) is 3.07. The van der Waals surface area contributed by atoms with Crippen LogP contribution in [-0.4, -0.2) is 26.4 Å². The Kier molecular flexibility index (Phi) is 6.26. The lowest BCUT2D eigenvalue weighted by Crippen LogP contribution is -2.27. The van der Waals surface area contributed by atoms with Gasteiger partial charge in [0, 0.05) is 24.7 Å². The first kappa shape index (κ1) is 19.8. The van der Waals surface area contributed by atoms with Crippen LogP contribution >= 0.6 is 0 Å². The van der Waals surface area contributed by atoms with E-state index in [9.17, 15) is 22.4 Å². The molecule has 2 rings (SSSR count). The van der Waals surface area contributed by atoms with Crippen molar-refractivity contribution in [2.75, 3.05) is 6.26 Å². The van der Waals surface area contributed by atoms with Crippen molar-refractivity contribution in [3.05, 3.63) is 65.5 Å². The minimum absolute atomic E-state index is 0.0158. The Bertz CT molecular complexity index is 890. The number of halogens is 1. The van der Waals surface area contributed by atoms with Crippen LogP contribution in [0, 0.1) is 5.82 Å². The summed E-state index contributed by atoms with van der Waals surface area (Å²) in [5.74, 6) is -0.944. The van der Waals surface area contributed by atoms with Crippen LogP contribution in [0.15, 0.2) is 53.4 Å². The van der Waals surface area contributed by atoms with Gasteiger partial charge in [0.05, 0.1) is 10.9 Å². The van der Waals surface area contributed by atoms with E-state index in [1.807, 2.05) is 0 Å². The second-order valence-corrected chi connectivity index (χ2v) is 8.08. The fourth-order valence-electron chi connectivity index (χ4n) is 2.41. The molecule has 1 N–H and O–H groups in total. The number of sulfone groups is 1. The summed E-state index contributed by atoms with van der Waals surface area (Å²) in [7, 11) is -3.26. The SMILES string of the molecule is CC(NC(=O)CCC(=O)c1ccc(F)cc1)c1ccc(S(C)(=O)=O)cc1. The minimum Gasteiger partial charge on any atom is -0.350 e. The molecule has 26 heavy (non-hydrogen) atoms. The van der Waals surface area contributed by atoms with Gasteiger partial charge in [0.1, 0.15) is 5.82 Å². The van der Waals surface area contributed by atoms with Gasteiger partial charge in [-0.1, -0.05) is 12.1 Å². The summed E-state index contributed by atoms with van der Waals surface area (Å²) >= 11 is 0. The van der Waals surface area contributed by atoms with Crippen molar-refractivity contribution >= 4 is 21.5 Å². The summed E-state index contributed by atoms with van der Waals surface area (Å²) < 4.78 is 35.8. The Hall–Kier alpha value is -2.54. The monoisotopic (exact) mass is 377 g/mol. The lowest BCUT2D eigenvalue weighted by molar-refractivity contribution is -0.121.